The van der Waals surface area contributed by atoms with Crippen molar-refractivity contribution < 1.29 is 0 Å². The van der Waals surface area contributed by atoms with Gasteiger partial charge in [-0.15, -0.1) is 0 Å². The highest BCUT2D eigenvalue weighted by Crippen LogP contribution is 2.06. The Bertz CT molecular complexity index is 277. The van der Waals surface area contributed by atoms with Crippen LogP contribution in [0.5, 0.6) is 0 Å². The van der Waals surface area contributed by atoms with Crippen molar-refractivity contribution in [3.8, 4) is 0 Å². The van der Waals surface area contributed by atoms with Gasteiger partial charge in [-0.05, 0) is 36.4 Å². The minimum atomic E-state index is 0.892. The summed E-state index contributed by atoms with van der Waals surface area (Å²) in [5, 5.41) is 0. The van der Waals surface area contributed by atoms with Crippen LogP contribution in [0.1, 0.15) is 11.1 Å². The molecule has 0 amide bonds. The highest BCUT2D eigenvalue weighted by molar-refractivity contribution is 5.25. The molecule has 14 heavy (non-hydrogen) atoms. The molecular formula is C12H16N2. The second-order valence-electron chi connectivity index (χ2n) is 3.08. The number of hydrogen-bond acceptors (Lipinski definition) is 2. The maximum absolute atomic E-state index is 5.27. The van der Waals surface area contributed by atoms with Gasteiger partial charge in [-0.25, -0.2) is 0 Å². The molecule has 0 radical (unpaired) electrons. The molecule has 0 spiro atoms. The van der Waals surface area contributed by atoms with E-state index in [-0.39, 0.29) is 0 Å². The summed E-state index contributed by atoms with van der Waals surface area (Å²) in [6.07, 6.45) is 8.81. The van der Waals surface area contributed by atoms with Gasteiger partial charge in [0.2, 0.25) is 0 Å². The van der Waals surface area contributed by atoms with E-state index in [1.807, 2.05) is 12.2 Å². The van der Waals surface area contributed by atoms with Gasteiger partial charge in [0.1, 0.15) is 0 Å². The van der Waals surface area contributed by atoms with Crippen LogP contribution in [0.3, 0.4) is 0 Å². The maximum atomic E-state index is 5.27. The Balaban J connectivity index is 2.58. The normalized spacial score (nSPS) is 11.4. The van der Waals surface area contributed by atoms with Gasteiger partial charge in [0.05, 0.1) is 0 Å². The monoisotopic (exact) mass is 188 g/mol. The lowest BCUT2D eigenvalue weighted by molar-refractivity contribution is 1.21. The van der Waals surface area contributed by atoms with Crippen LogP contribution in [0, 0.1) is 0 Å². The highest BCUT2D eigenvalue weighted by atomic mass is 14.5. The first kappa shape index (κ1) is 10.4. The van der Waals surface area contributed by atoms with Crippen LogP contribution in [0.25, 0.3) is 0 Å². The predicted molar refractivity (Wildman–Crippen MR) is 60.5 cm³/mol. The first-order valence-electron chi connectivity index (χ1n) is 4.68. The third kappa shape index (κ3) is 3.35. The lowest BCUT2D eigenvalue weighted by Crippen LogP contribution is -1.87. The summed E-state index contributed by atoms with van der Waals surface area (Å²) in [6, 6.07) is 8.44. The lowest BCUT2D eigenvalue weighted by atomic mass is 10.1. The molecule has 0 aromatic heterocycles. The van der Waals surface area contributed by atoms with Crippen LogP contribution < -0.4 is 11.5 Å². The minimum Gasteiger partial charge on any atom is -0.405 e. The van der Waals surface area contributed by atoms with Crippen molar-refractivity contribution in [2.45, 2.75) is 12.8 Å². The van der Waals surface area contributed by atoms with E-state index in [0.717, 1.165) is 12.8 Å². The fourth-order valence-electron chi connectivity index (χ4n) is 1.22. The van der Waals surface area contributed by atoms with Crippen LogP contribution in [-0.4, -0.2) is 0 Å². The molecule has 4 N–H and O–H groups in total. The van der Waals surface area contributed by atoms with Crippen molar-refractivity contribution >= 4 is 0 Å². The number of rotatable bonds is 4. The molecule has 2 nitrogen and oxygen atoms in total. The second kappa shape index (κ2) is 5.86. The molecule has 2 heteroatoms. The minimum absolute atomic E-state index is 0.892. The highest BCUT2D eigenvalue weighted by Gasteiger charge is 1.91. The fraction of sp³-hybridized carbons (Fsp3) is 0.167. The average molecular weight is 188 g/mol. The fourth-order valence-corrected chi connectivity index (χ4v) is 1.22. The van der Waals surface area contributed by atoms with Crippen molar-refractivity contribution in [1.29, 1.82) is 0 Å². The molecule has 1 rings (SSSR count). The number of benzene rings is 1. The summed E-state index contributed by atoms with van der Waals surface area (Å²) in [7, 11) is 0. The van der Waals surface area contributed by atoms with E-state index in [1.165, 1.54) is 11.1 Å². The van der Waals surface area contributed by atoms with Gasteiger partial charge in [0.25, 0.3) is 0 Å². The first-order valence-corrected chi connectivity index (χ1v) is 4.68. The quantitative estimate of drug-likeness (QED) is 0.755. The zero-order valence-corrected chi connectivity index (χ0v) is 8.19. The molecule has 0 atom stereocenters. The van der Waals surface area contributed by atoms with Crippen molar-refractivity contribution in [2.75, 3.05) is 0 Å². The molecule has 0 aliphatic carbocycles. The standard InChI is InChI=1S/C12H16N2/c13-9-1-3-11-5-7-12(8-6-11)4-2-10-14/h1-2,5-10H,3-4,13-14H2. The van der Waals surface area contributed by atoms with Gasteiger partial charge in [-0.3, -0.25) is 0 Å². The topological polar surface area (TPSA) is 52.0 Å². The number of hydrogen-bond donors (Lipinski definition) is 2. The summed E-state index contributed by atoms with van der Waals surface area (Å²) >= 11 is 0. The van der Waals surface area contributed by atoms with Gasteiger partial charge in [-0.1, -0.05) is 36.4 Å². The van der Waals surface area contributed by atoms with Crippen LogP contribution in [0.2, 0.25) is 0 Å². The summed E-state index contributed by atoms with van der Waals surface area (Å²) in [5.74, 6) is 0. The molecule has 0 heterocycles. The number of nitrogens with two attached hydrogens (primary N) is 2. The zero-order valence-electron chi connectivity index (χ0n) is 8.19. The van der Waals surface area contributed by atoms with E-state index in [0.29, 0.717) is 0 Å². The molecule has 1 aromatic rings. The van der Waals surface area contributed by atoms with Crippen molar-refractivity contribution in [3.63, 3.8) is 0 Å². The molecule has 1 aromatic carbocycles. The predicted octanol–water partition coefficient (Wildman–Crippen LogP) is 1.72. The smallest absolute Gasteiger partial charge is 0.00803 e. The van der Waals surface area contributed by atoms with E-state index in [9.17, 15) is 0 Å². The zero-order chi connectivity index (χ0) is 10.2. The van der Waals surface area contributed by atoms with E-state index in [2.05, 4.69) is 24.3 Å². The lowest BCUT2D eigenvalue weighted by Gasteiger charge is -1.99. The van der Waals surface area contributed by atoms with Gasteiger partial charge in [-0.2, -0.15) is 0 Å². The van der Waals surface area contributed by atoms with E-state index >= 15 is 0 Å². The molecule has 0 aliphatic heterocycles. The van der Waals surface area contributed by atoms with Crippen molar-refractivity contribution in [3.05, 3.63) is 59.9 Å². The molecule has 74 valence electrons. The Hall–Kier alpha value is -1.70. The Morgan fingerprint density at radius 3 is 1.43 bits per heavy atom. The summed E-state index contributed by atoms with van der Waals surface area (Å²) in [6.45, 7) is 0. The Morgan fingerprint density at radius 2 is 1.14 bits per heavy atom. The van der Waals surface area contributed by atoms with Crippen LogP contribution in [-0.2, 0) is 12.8 Å². The molecule has 0 saturated carbocycles. The third-order valence-corrected chi connectivity index (χ3v) is 2.00. The third-order valence-electron chi connectivity index (χ3n) is 2.00. The largest absolute Gasteiger partial charge is 0.405 e. The molecule has 0 aliphatic rings. The summed E-state index contributed by atoms with van der Waals surface area (Å²) in [5.41, 5.74) is 13.1. The Morgan fingerprint density at radius 1 is 0.786 bits per heavy atom. The van der Waals surface area contributed by atoms with Crippen LogP contribution in [0.15, 0.2) is 48.8 Å². The van der Waals surface area contributed by atoms with Crippen LogP contribution >= 0.6 is 0 Å². The summed E-state index contributed by atoms with van der Waals surface area (Å²) in [4.78, 5) is 0. The van der Waals surface area contributed by atoms with E-state index in [1.54, 1.807) is 12.4 Å². The van der Waals surface area contributed by atoms with E-state index < -0.39 is 0 Å². The van der Waals surface area contributed by atoms with Crippen molar-refractivity contribution in [1.82, 2.24) is 0 Å². The molecule has 0 unspecified atom stereocenters. The molecule has 0 saturated heterocycles. The maximum Gasteiger partial charge on any atom is -0.00803 e. The Kier molecular flexibility index (Phi) is 4.35. The molecule has 0 bridgehead atoms. The van der Waals surface area contributed by atoms with Crippen molar-refractivity contribution in [2.24, 2.45) is 11.5 Å². The van der Waals surface area contributed by atoms with Crippen LogP contribution in [0.4, 0.5) is 0 Å². The Labute approximate surface area is 84.9 Å². The van der Waals surface area contributed by atoms with E-state index in [4.69, 9.17) is 11.5 Å². The summed E-state index contributed by atoms with van der Waals surface area (Å²) < 4.78 is 0. The van der Waals surface area contributed by atoms with Gasteiger partial charge in [0, 0.05) is 0 Å². The SMILES string of the molecule is NC=CCc1ccc(CC=CN)cc1. The second-order valence-corrected chi connectivity index (χ2v) is 3.08. The number of allylic oxidation sites excluding steroid dienone is 2. The first-order chi connectivity index (χ1) is 6.86. The van der Waals surface area contributed by atoms with Gasteiger partial charge in [0.15, 0.2) is 0 Å². The van der Waals surface area contributed by atoms with Gasteiger partial charge >= 0.3 is 0 Å². The average Bonchev–Trinajstić information content (AvgIpc) is 2.25. The van der Waals surface area contributed by atoms with Gasteiger partial charge < -0.3 is 11.5 Å². The molecule has 0 fully saturated rings. The molecular weight excluding hydrogens is 172 g/mol.